The third kappa shape index (κ3) is 6.71. The van der Waals surface area contributed by atoms with Crippen LogP contribution in [0.15, 0.2) is 285 Å². The van der Waals surface area contributed by atoms with E-state index in [1.807, 2.05) is 0 Å². The van der Waals surface area contributed by atoms with Crippen LogP contribution >= 0.6 is 0 Å². The molecule has 0 N–H and O–H groups in total. The van der Waals surface area contributed by atoms with Crippen molar-refractivity contribution in [2.24, 2.45) is 0 Å². The van der Waals surface area contributed by atoms with Gasteiger partial charge in [-0.1, -0.05) is 200 Å². The fourth-order valence-electron chi connectivity index (χ4n) is 12.4. The highest BCUT2D eigenvalue weighted by Crippen LogP contribution is 2.47. The Morgan fingerprint density at radius 1 is 0.240 bits per heavy atom. The lowest BCUT2D eigenvalue weighted by molar-refractivity contribution is 1.13. The topological polar surface area (TPSA) is 16.3 Å². The number of anilines is 6. The number of hydrogen-bond acceptors (Lipinski definition) is 2. The van der Waals surface area contributed by atoms with Crippen LogP contribution in [-0.4, -0.2) is 15.8 Å². The number of aromatic nitrogens is 2. The molecule has 5 heteroatoms. The van der Waals surface area contributed by atoms with Gasteiger partial charge in [-0.2, -0.15) is 0 Å². The van der Waals surface area contributed by atoms with Gasteiger partial charge in [-0.05, 0) is 124 Å². The zero-order chi connectivity index (χ0) is 49.4. The molecule has 0 saturated heterocycles. The second-order valence-electron chi connectivity index (χ2n) is 19.6. The molecule has 0 bridgehead atoms. The average molecular weight is 955 g/mol. The van der Waals surface area contributed by atoms with Gasteiger partial charge in [0.1, 0.15) is 0 Å². The zero-order valence-corrected chi connectivity index (χ0v) is 41.0. The molecule has 0 radical (unpaired) electrons. The molecule has 0 fully saturated rings. The molecule has 0 amide bonds. The van der Waals surface area contributed by atoms with Crippen molar-refractivity contribution in [1.82, 2.24) is 9.13 Å². The van der Waals surface area contributed by atoms with E-state index in [2.05, 4.69) is 304 Å². The summed E-state index contributed by atoms with van der Waals surface area (Å²) < 4.78 is 4.90. The van der Waals surface area contributed by atoms with Gasteiger partial charge in [0.05, 0.1) is 22.4 Å². The summed E-state index contributed by atoms with van der Waals surface area (Å²) in [6.07, 6.45) is 0. The Morgan fingerprint density at radius 3 is 0.973 bits per heavy atom. The van der Waals surface area contributed by atoms with Crippen LogP contribution in [0.3, 0.4) is 0 Å². The minimum atomic E-state index is 0.0433. The second kappa shape index (κ2) is 17.4. The summed E-state index contributed by atoms with van der Waals surface area (Å²) in [7, 11) is 0. The van der Waals surface area contributed by atoms with Crippen molar-refractivity contribution in [1.29, 1.82) is 0 Å². The van der Waals surface area contributed by atoms with Crippen LogP contribution in [0.5, 0.6) is 0 Å². The van der Waals surface area contributed by atoms with E-state index in [9.17, 15) is 0 Å². The predicted octanol–water partition coefficient (Wildman–Crippen LogP) is 16.3. The molecule has 0 atom stereocenters. The van der Waals surface area contributed by atoms with Gasteiger partial charge in [-0.15, -0.1) is 0 Å². The number of fused-ring (bicyclic) bond motifs is 6. The van der Waals surface area contributed by atoms with E-state index in [0.29, 0.717) is 0 Å². The Morgan fingerprint density at radius 2 is 0.560 bits per heavy atom. The minimum Gasteiger partial charge on any atom is -0.311 e. The first-order chi connectivity index (χ1) is 37.3. The van der Waals surface area contributed by atoms with Gasteiger partial charge >= 0.3 is 0 Å². The lowest BCUT2D eigenvalue weighted by Crippen LogP contribution is -2.61. The molecule has 75 heavy (non-hydrogen) atoms. The largest absolute Gasteiger partial charge is 0.311 e. The van der Waals surface area contributed by atoms with Crippen molar-refractivity contribution in [2.45, 2.75) is 0 Å². The van der Waals surface area contributed by atoms with Crippen molar-refractivity contribution in [2.75, 3.05) is 9.80 Å². The minimum absolute atomic E-state index is 0.0433. The van der Waals surface area contributed by atoms with Gasteiger partial charge < -0.3 is 18.9 Å². The highest BCUT2D eigenvalue weighted by atomic mass is 15.2. The third-order valence-corrected chi connectivity index (χ3v) is 15.5. The predicted molar refractivity (Wildman–Crippen MR) is 316 cm³/mol. The molecule has 350 valence electrons. The van der Waals surface area contributed by atoms with Gasteiger partial charge in [-0.25, -0.2) is 0 Å². The van der Waals surface area contributed by atoms with Gasteiger partial charge in [0.2, 0.25) is 0 Å². The summed E-state index contributed by atoms with van der Waals surface area (Å²) in [5.41, 5.74) is 25.0. The Balaban J connectivity index is 0.873. The molecule has 0 aliphatic carbocycles. The number of hydrogen-bond donors (Lipinski definition) is 0. The van der Waals surface area contributed by atoms with E-state index in [0.717, 1.165) is 22.7 Å². The molecule has 4 heterocycles. The number of rotatable bonds is 8. The number of nitrogens with zero attached hydrogens (tertiary/aromatic N) is 4. The number of para-hydroxylation sites is 4. The summed E-state index contributed by atoms with van der Waals surface area (Å²) >= 11 is 0. The van der Waals surface area contributed by atoms with E-state index in [4.69, 9.17) is 0 Å². The first-order valence-corrected chi connectivity index (χ1v) is 25.9. The summed E-state index contributed by atoms with van der Waals surface area (Å²) in [4.78, 5) is 4.97. The van der Waals surface area contributed by atoms with Crippen LogP contribution in [0.25, 0.3) is 77.9 Å². The van der Waals surface area contributed by atoms with Crippen molar-refractivity contribution in [3.8, 4) is 56.1 Å². The van der Waals surface area contributed by atoms with Crippen LogP contribution in [0.2, 0.25) is 0 Å². The van der Waals surface area contributed by atoms with Gasteiger partial charge in [0.15, 0.2) is 0 Å². The maximum atomic E-state index is 2.48. The monoisotopic (exact) mass is 954 g/mol. The van der Waals surface area contributed by atoms with E-state index in [-0.39, 0.29) is 6.71 Å². The van der Waals surface area contributed by atoms with E-state index >= 15 is 0 Å². The molecule has 11 aromatic carbocycles. The lowest BCUT2D eigenvalue weighted by atomic mass is 9.33. The highest BCUT2D eigenvalue weighted by Gasteiger charge is 2.43. The normalized spacial score (nSPS) is 12.5. The Kier molecular flexibility index (Phi) is 9.95. The molecule has 2 aliphatic rings. The third-order valence-electron chi connectivity index (χ3n) is 15.5. The van der Waals surface area contributed by atoms with Gasteiger partial charge in [0.25, 0.3) is 6.71 Å². The molecule has 0 saturated carbocycles. The summed E-state index contributed by atoms with van der Waals surface area (Å²) in [5.74, 6) is 0. The maximum absolute atomic E-state index is 2.48. The Hall–Kier alpha value is -9.84. The average Bonchev–Trinajstić information content (AvgIpc) is 4.03. The van der Waals surface area contributed by atoms with Crippen LogP contribution in [-0.2, 0) is 0 Å². The molecule has 2 aromatic heterocycles. The summed E-state index contributed by atoms with van der Waals surface area (Å²) in [6, 6.07) is 104. The molecule has 0 spiro atoms. The number of benzene rings is 11. The van der Waals surface area contributed by atoms with E-state index in [1.165, 1.54) is 106 Å². The summed E-state index contributed by atoms with van der Waals surface area (Å²) in [6.45, 7) is 0.0433. The Labute approximate surface area is 437 Å². The molecule has 15 rings (SSSR count). The molecule has 4 nitrogen and oxygen atoms in total. The SMILES string of the molecule is c1ccc(-c2c(-c3ccccc3)n(-c3ccc(N4c5ccccc5B5c6ccccc6N(c6ccc(-n7c(-c8ccccc8)c(-c8ccccc8)c8ccccc87)cc6)c6cccc4c65)cc3)c3ccccc23)cc1. The first-order valence-electron chi connectivity index (χ1n) is 25.9. The van der Waals surface area contributed by atoms with Crippen LogP contribution < -0.4 is 26.2 Å². The van der Waals surface area contributed by atoms with Gasteiger partial charge in [0, 0.05) is 67.4 Å². The Bertz CT molecular complexity index is 4000. The molecular formula is C70H47BN4. The molecule has 2 aliphatic heterocycles. The highest BCUT2D eigenvalue weighted by molar-refractivity contribution is 7.00. The molecule has 13 aromatic rings. The quantitative estimate of drug-likeness (QED) is 0.141. The zero-order valence-electron chi connectivity index (χ0n) is 41.0. The molecule has 0 unspecified atom stereocenters. The fourth-order valence-corrected chi connectivity index (χ4v) is 12.4. The van der Waals surface area contributed by atoms with Crippen LogP contribution in [0, 0.1) is 0 Å². The van der Waals surface area contributed by atoms with Crippen LogP contribution in [0.1, 0.15) is 0 Å². The van der Waals surface area contributed by atoms with Crippen molar-refractivity contribution < 1.29 is 0 Å². The van der Waals surface area contributed by atoms with Gasteiger partial charge in [-0.3, -0.25) is 0 Å². The first kappa shape index (κ1) is 42.8. The van der Waals surface area contributed by atoms with Crippen molar-refractivity contribution in [3.63, 3.8) is 0 Å². The maximum Gasteiger partial charge on any atom is 0.252 e. The summed E-state index contributed by atoms with van der Waals surface area (Å²) in [5, 5.41) is 2.45. The smallest absolute Gasteiger partial charge is 0.252 e. The van der Waals surface area contributed by atoms with E-state index < -0.39 is 0 Å². The van der Waals surface area contributed by atoms with Crippen molar-refractivity contribution >= 4 is 79.0 Å². The van der Waals surface area contributed by atoms with Crippen LogP contribution in [0.4, 0.5) is 34.1 Å². The lowest BCUT2D eigenvalue weighted by Gasteiger charge is -2.44. The molecular weight excluding hydrogens is 908 g/mol. The van der Waals surface area contributed by atoms with E-state index in [1.54, 1.807) is 0 Å². The second-order valence-corrected chi connectivity index (χ2v) is 19.6. The van der Waals surface area contributed by atoms with Crippen molar-refractivity contribution in [3.05, 3.63) is 285 Å². The fraction of sp³-hybridized carbons (Fsp3) is 0. The standard InChI is InChI=1S/C70H47BN4/c1-5-22-48(23-6-1)66-56-30-13-17-34-60(56)74(69(66)50-26-9-3-10-27-50)54-44-40-52(41-45-54)72-62-36-19-15-32-58(62)71-59-33-16-20-37-63(59)73(65-39-21-38-64(72)68(65)71)53-42-46-55(47-43-53)75-61-35-18-14-31-57(61)67(49-24-7-2-8-25-49)70(75)51-28-11-4-12-29-51/h1-47H.